The number of methoxy groups -OCH3 is 1. The van der Waals surface area contributed by atoms with Crippen LogP contribution in [0.2, 0.25) is 0 Å². The van der Waals surface area contributed by atoms with Gasteiger partial charge < -0.3 is 14.2 Å². The largest absolute Gasteiger partial charge is 0.494 e. The van der Waals surface area contributed by atoms with Crippen molar-refractivity contribution in [2.24, 2.45) is 0 Å². The summed E-state index contributed by atoms with van der Waals surface area (Å²) in [6, 6.07) is 5.28. The minimum absolute atomic E-state index is 0.266. The second-order valence-corrected chi connectivity index (χ2v) is 4.83. The highest BCUT2D eigenvalue weighted by Gasteiger charge is 2.12. The van der Waals surface area contributed by atoms with Gasteiger partial charge in [0.05, 0.1) is 12.6 Å². The van der Waals surface area contributed by atoms with Crippen LogP contribution in [0.25, 0.3) is 10.9 Å². The minimum Gasteiger partial charge on any atom is -0.494 e. The highest BCUT2D eigenvalue weighted by molar-refractivity contribution is 5.86. The third-order valence-electron chi connectivity index (χ3n) is 3.35. The zero-order valence-corrected chi connectivity index (χ0v) is 11.3. The van der Waals surface area contributed by atoms with Gasteiger partial charge in [0, 0.05) is 30.2 Å². The molecule has 0 saturated carbocycles. The monoisotopic (exact) mass is 250 g/mol. The van der Waals surface area contributed by atoms with Crippen LogP contribution in [-0.2, 0) is 6.54 Å². The van der Waals surface area contributed by atoms with E-state index in [1.807, 2.05) is 26.4 Å². The lowest BCUT2D eigenvalue weighted by Gasteiger charge is -2.21. The normalized spacial score (nSPS) is 13.2. The van der Waals surface area contributed by atoms with E-state index in [0.29, 0.717) is 11.8 Å². The average Bonchev–Trinajstić information content (AvgIpc) is 2.71. The molecule has 18 heavy (non-hydrogen) atoms. The molecule has 4 heteroatoms. The predicted octanol–water partition coefficient (Wildman–Crippen LogP) is 2.74. The van der Waals surface area contributed by atoms with Gasteiger partial charge in [-0.25, -0.2) is 4.39 Å². The van der Waals surface area contributed by atoms with Crippen molar-refractivity contribution < 1.29 is 9.13 Å². The van der Waals surface area contributed by atoms with Gasteiger partial charge in [-0.05, 0) is 33.2 Å². The van der Waals surface area contributed by atoms with Crippen molar-refractivity contribution >= 4 is 10.9 Å². The lowest BCUT2D eigenvalue weighted by atomic mass is 10.2. The van der Waals surface area contributed by atoms with Crippen molar-refractivity contribution in [3.63, 3.8) is 0 Å². The zero-order valence-electron chi connectivity index (χ0n) is 11.3. The Hall–Kier alpha value is -1.55. The number of halogens is 1. The average molecular weight is 250 g/mol. The number of rotatable bonds is 4. The molecule has 0 N–H and O–H groups in total. The molecule has 0 unspecified atom stereocenters. The molecule has 0 fully saturated rings. The van der Waals surface area contributed by atoms with E-state index in [-0.39, 0.29) is 5.82 Å². The molecule has 1 atom stereocenters. The van der Waals surface area contributed by atoms with Crippen molar-refractivity contribution in [3.8, 4) is 5.75 Å². The Morgan fingerprint density at radius 1 is 1.39 bits per heavy atom. The van der Waals surface area contributed by atoms with Crippen LogP contribution in [0, 0.1) is 5.82 Å². The Labute approximate surface area is 107 Å². The van der Waals surface area contributed by atoms with Crippen molar-refractivity contribution in [3.05, 3.63) is 30.2 Å². The van der Waals surface area contributed by atoms with Crippen molar-refractivity contribution in [1.29, 1.82) is 0 Å². The number of benzene rings is 1. The molecule has 1 heterocycles. The first kappa shape index (κ1) is 12.9. The Bertz CT molecular complexity index is 548. The molecule has 3 nitrogen and oxygen atoms in total. The van der Waals surface area contributed by atoms with E-state index in [1.165, 1.54) is 12.1 Å². The van der Waals surface area contributed by atoms with E-state index in [0.717, 1.165) is 17.4 Å². The molecule has 0 aliphatic heterocycles. The number of fused-ring (bicyclic) bond motifs is 1. The Kier molecular flexibility index (Phi) is 3.57. The van der Waals surface area contributed by atoms with Gasteiger partial charge in [-0.15, -0.1) is 0 Å². The number of nitrogens with zero attached hydrogens (tertiary/aromatic N) is 2. The summed E-state index contributed by atoms with van der Waals surface area (Å²) in [5.74, 6) is 0.318. The number of ether oxygens (including phenoxy) is 1. The van der Waals surface area contributed by atoms with Gasteiger partial charge in [0.2, 0.25) is 0 Å². The van der Waals surface area contributed by atoms with Crippen LogP contribution in [-0.4, -0.2) is 36.7 Å². The number of hydrogen-bond acceptors (Lipinski definition) is 2. The Morgan fingerprint density at radius 3 is 2.72 bits per heavy atom. The van der Waals surface area contributed by atoms with Crippen LogP contribution in [0.3, 0.4) is 0 Å². The van der Waals surface area contributed by atoms with Gasteiger partial charge in [0.1, 0.15) is 11.6 Å². The quantitative estimate of drug-likeness (QED) is 0.830. The van der Waals surface area contributed by atoms with Crippen molar-refractivity contribution in [2.45, 2.75) is 19.5 Å². The standard InChI is InChI=1S/C14H19FN2O/c1-10(16(2)3)9-17-6-5-11-7-12(15)8-13(18-4)14(11)17/h5-8,10H,9H2,1-4H3/t10-/m1/s1. The molecule has 0 spiro atoms. The second-order valence-electron chi connectivity index (χ2n) is 4.83. The molecule has 0 radical (unpaired) electrons. The second kappa shape index (κ2) is 4.98. The number of hydrogen-bond donors (Lipinski definition) is 0. The van der Waals surface area contributed by atoms with E-state index < -0.39 is 0 Å². The molecule has 0 bridgehead atoms. The van der Waals surface area contributed by atoms with Crippen LogP contribution < -0.4 is 4.74 Å². The maximum absolute atomic E-state index is 13.4. The first-order valence-electron chi connectivity index (χ1n) is 6.01. The minimum atomic E-state index is -0.266. The molecular formula is C14H19FN2O. The summed E-state index contributed by atoms with van der Waals surface area (Å²) < 4.78 is 20.8. The van der Waals surface area contributed by atoms with E-state index in [1.54, 1.807) is 7.11 Å². The van der Waals surface area contributed by atoms with Gasteiger partial charge in [0.25, 0.3) is 0 Å². The Morgan fingerprint density at radius 2 is 2.11 bits per heavy atom. The maximum atomic E-state index is 13.4. The summed E-state index contributed by atoms with van der Waals surface area (Å²) in [5, 5.41) is 0.873. The summed E-state index contributed by atoms with van der Waals surface area (Å²) in [6.07, 6.45) is 1.98. The van der Waals surface area contributed by atoms with E-state index >= 15 is 0 Å². The molecule has 0 amide bonds. The highest BCUT2D eigenvalue weighted by Crippen LogP contribution is 2.28. The molecule has 0 saturated heterocycles. The SMILES string of the molecule is COc1cc(F)cc2ccn(C[C@@H](C)N(C)C)c12. The third-order valence-corrected chi connectivity index (χ3v) is 3.35. The van der Waals surface area contributed by atoms with Crippen LogP contribution in [0.5, 0.6) is 5.75 Å². The molecule has 1 aromatic carbocycles. The van der Waals surface area contributed by atoms with Crippen LogP contribution in [0.4, 0.5) is 4.39 Å². The first-order valence-corrected chi connectivity index (χ1v) is 6.01. The van der Waals surface area contributed by atoms with Crippen molar-refractivity contribution in [1.82, 2.24) is 9.47 Å². The van der Waals surface area contributed by atoms with E-state index in [4.69, 9.17) is 4.74 Å². The number of aromatic nitrogens is 1. The van der Waals surface area contributed by atoms with Gasteiger partial charge in [-0.2, -0.15) is 0 Å². The smallest absolute Gasteiger partial charge is 0.146 e. The van der Waals surface area contributed by atoms with Gasteiger partial charge in [-0.1, -0.05) is 0 Å². The summed E-state index contributed by atoms with van der Waals surface area (Å²) >= 11 is 0. The lowest BCUT2D eigenvalue weighted by Crippen LogP contribution is -2.28. The molecular weight excluding hydrogens is 231 g/mol. The van der Waals surface area contributed by atoms with Crippen LogP contribution in [0.15, 0.2) is 24.4 Å². The fourth-order valence-corrected chi connectivity index (χ4v) is 2.03. The molecule has 98 valence electrons. The zero-order chi connectivity index (χ0) is 13.3. The highest BCUT2D eigenvalue weighted by atomic mass is 19.1. The molecule has 2 aromatic rings. The maximum Gasteiger partial charge on any atom is 0.146 e. The van der Waals surface area contributed by atoms with Gasteiger partial charge in [0.15, 0.2) is 0 Å². The fraction of sp³-hybridized carbons (Fsp3) is 0.429. The Balaban J connectivity index is 2.46. The third kappa shape index (κ3) is 2.34. The fourth-order valence-electron chi connectivity index (χ4n) is 2.03. The molecule has 0 aliphatic carbocycles. The molecule has 2 rings (SSSR count). The summed E-state index contributed by atoms with van der Waals surface area (Å²) in [5.41, 5.74) is 0.951. The van der Waals surface area contributed by atoms with Crippen molar-refractivity contribution in [2.75, 3.05) is 21.2 Å². The summed E-state index contributed by atoms with van der Waals surface area (Å²) in [7, 11) is 5.67. The van der Waals surface area contributed by atoms with Gasteiger partial charge in [-0.3, -0.25) is 0 Å². The topological polar surface area (TPSA) is 17.4 Å². The van der Waals surface area contributed by atoms with Crippen LogP contribution in [0.1, 0.15) is 6.92 Å². The summed E-state index contributed by atoms with van der Waals surface area (Å²) in [4.78, 5) is 2.15. The van der Waals surface area contributed by atoms with E-state index in [9.17, 15) is 4.39 Å². The first-order chi connectivity index (χ1) is 8.52. The van der Waals surface area contributed by atoms with Gasteiger partial charge >= 0.3 is 0 Å². The van der Waals surface area contributed by atoms with E-state index in [2.05, 4.69) is 16.4 Å². The molecule has 0 aliphatic rings. The predicted molar refractivity (Wildman–Crippen MR) is 71.6 cm³/mol. The summed E-state index contributed by atoms with van der Waals surface area (Å²) in [6.45, 7) is 3.00. The molecule has 1 aromatic heterocycles. The lowest BCUT2D eigenvalue weighted by molar-refractivity contribution is 0.285. The number of likely N-dealkylation sites (N-methyl/N-ethyl adjacent to an activating group) is 1. The van der Waals surface area contributed by atoms with Crippen LogP contribution >= 0.6 is 0 Å².